The van der Waals surface area contributed by atoms with Gasteiger partial charge in [-0.1, -0.05) is 43.3 Å². The smallest absolute Gasteiger partial charge is 0.269 e. The molecule has 4 aliphatic rings. The number of rotatable bonds is 4. The van der Waals surface area contributed by atoms with Gasteiger partial charge in [0.15, 0.2) is 0 Å². The Morgan fingerprint density at radius 3 is 2.34 bits per heavy atom. The lowest BCUT2D eigenvalue weighted by Crippen LogP contribution is -2.62. The molecule has 0 radical (unpaired) electrons. The van der Waals surface area contributed by atoms with Crippen LogP contribution in [0.4, 0.5) is 13.2 Å². The summed E-state index contributed by atoms with van der Waals surface area (Å²) in [6.45, 7) is 1.07. The molecule has 2 nitrogen and oxygen atoms in total. The molecule has 0 aromatic heterocycles. The molecular formula is C24H24F3NO. The van der Waals surface area contributed by atoms with Gasteiger partial charge in [-0.25, -0.2) is 13.2 Å². The Morgan fingerprint density at radius 1 is 1.07 bits per heavy atom. The molecule has 0 unspecified atom stereocenters. The predicted molar refractivity (Wildman–Crippen MR) is 105 cm³/mol. The Kier molecular flexibility index (Phi) is 4.10. The van der Waals surface area contributed by atoms with E-state index in [0.717, 1.165) is 36.0 Å². The maximum absolute atomic E-state index is 14.6. The first-order valence-corrected chi connectivity index (χ1v) is 10.3. The van der Waals surface area contributed by atoms with E-state index in [4.69, 9.17) is 0 Å². The molecule has 1 heterocycles. The van der Waals surface area contributed by atoms with E-state index in [2.05, 4.69) is 0 Å². The Bertz CT molecular complexity index is 955. The van der Waals surface area contributed by atoms with E-state index in [1.807, 2.05) is 30.3 Å². The quantitative estimate of drug-likeness (QED) is 0.682. The number of carbonyl (C=O) groups is 1. The third-order valence-corrected chi connectivity index (χ3v) is 7.31. The Hall–Kier alpha value is -2.30. The molecular weight excluding hydrogens is 375 g/mol. The molecule has 29 heavy (non-hydrogen) atoms. The van der Waals surface area contributed by atoms with Crippen LogP contribution in [0.2, 0.25) is 0 Å². The van der Waals surface area contributed by atoms with Crippen molar-refractivity contribution in [1.82, 2.24) is 4.90 Å². The lowest BCUT2D eigenvalue weighted by molar-refractivity contribution is -0.178. The SMILES string of the molecule is C[C@@H]1[C@H](Cc2cccc(-c3cccc(F)c3)c2)N(C(=O)C23CC(C2)C3)CC1(F)F. The maximum atomic E-state index is 14.6. The number of nitrogens with zero attached hydrogens (tertiary/aromatic N) is 1. The summed E-state index contributed by atoms with van der Waals surface area (Å²) < 4.78 is 42.7. The minimum absolute atomic E-state index is 0.0738. The molecule has 3 saturated carbocycles. The molecule has 5 heteroatoms. The predicted octanol–water partition coefficient (Wildman–Crippen LogP) is 5.32. The Balaban J connectivity index is 1.41. The van der Waals surface area contributed by atoms with Crippen molar-refractivity contribution in [1.29, 1.82) is 0 Å². The van der Waals surface area contributed by atoms with Crippen LogP contribution < -0.4 is 0 Å². The lowest BCUT2D eigenvalue weighted by atomic mass is 9.44. The van der Waals surface area contributed by atoms with E-state index >= 15 is 0 Å². The van der Waals surface area contributed by atoms with Crippen LogP contribution in [0.15, 0.2) is 48.5 Å². The van der Waals surface area contributed by atoms with Crippen LogP contribution in [-0.4, -0.2) is 29.3 Å². The monoisotopic (exact) mass is 399 g/mol. The lowest BCUT2D eigenvalue weighted by Gasteiger charge is -2.61. The first-order valence-electron chi connectivity index (χ1n) is 10.3. The second-order valence-electron chi connectivity index (χ2n) is 9.22. The van der Waals surface area contributed by atoms with Crippen molar-refractivity contribution < 1.29 is 18.0 Å². The fourth-order valence-corrected chi connectivity index (χ4v) is 5.38. The molecule has 152 valence electrons. The van der Waals surface area contributed by atoms with Crippen molar-refractivity contribution in [2.75, 3.05) is 6.54 Å². The average molecular weight is 399 g/mol. The summed E-state index contributed by atoms with van der Waals surface area (Å²) in [5.74, 6) is -3.52. The molecule has 2 bridgehead atoms. The zero-order chi connectivity index (χ0) is 20.4. The zero-order valence-electron chi connectivity index (χ0n) is 16.4. The number of alkyl halides is 2. The second kappa shape index (κ2) is 6.35. The number of halogens is 3. The largest absolute Gasteiger partial charge is 0.332 e. The summed E-state index contributed by atoms with van der Waals surface area (Å²) in [6, 6.07) is 13.4. The average Bonchev–Trinajstić information content (AvgIpc) is 2.83. The highest BCUT2D eigenvalue weighted by atomic mass is 19.3. The van der Waals surface area contributed by atoms with E-state index in [1.165, 1.54) is 17.0 Å². The van der Waals surface area contributed by atoms with Crippen LogP contribution >= 0.6 is 0 Å². The highest BCUT2D eigenvalue weighted by Gasteiger charge is 2.65. The topological polar surface area (TPSA) is 20.3 Å². The van der Waals surface area contributed by atoms with Crippen molar-refractivity contribution in [3.8, 4) is 11.1 Å². The molecule has 2 atom stereocenters. The van der Waals surface area contributed by atoms with Crippen molar-refractivity contribution in [3.05, 3.63) is 59.9 Å². The molecule has 3 aliphatic carbocycles. The van der Waals surface area contributed by atoms with Crippen molar-refractivity contribution >= 4 is 5.91 Å². The molecule has 0 N–H and O–H groups in total. The fourth-order valence-electron chi connectivity index (χ4n) is 5.38. The molecule has 2 aromatic carbocycles. The number of carbonyl (C=O) groups excluding carboxylic acids is 1. The van der Waals surface area contributed by atoms with Crippen LogP contribution in [-0.2, 0) is 11.2 Å². The van der Waals surface area contributed by atoms with E-state index in [0.29, 0.717) is 12.3 Å². The van der Waals surface area contributed by atoms with Crippen LogP contribution in [0.5, 0.6) is 0 Å². The van der Waals surface area contributed by atoms with Gasteiger partial charge in [-0.3, -0.25) is 4.79 Å². The van der Waals surface area contributed by atoms with Crippen molar-refractivity contribution in [2.24, 2.45) is 17.3 Å². The summed E-state index contributed by atoms with van der Waals surface area (Å²) in [7, 11) is 0. The Labute approximate surface area is 168 Å². The summed E-state index contributed by atoms with van der Waals surface area (Å²) in [6.07, 6.45) is 2.98. The summed E-state index contributed by atoms with van der Waals surface area (Å²) in [4.78, 5) is 14.6. The highest BCUT2D eigenvalue weighted by molar-refractivity contribution is 5.86. The summed E-state index contributed by atoms with van der Waals surface area (Å²) in [5.41, 5.74) is 2.12. The second-order valence-corrected chi connectivity index (χ2v) is 9.22. The minimum Gasteiger partial charge on any atom is -0.332 e. The highest BCUT2D eigenvalue weighted by Crippen LogP contribution is 2.65. The van der Waals surface area contributed by atoms with E-state index < -0.39 is 24.4 Å². The number of likely N-dealkylation sites (tertiary alicyclic amines) is 1. The number of hydrogen-bond donors (Lipinski definition) is 0. The summed E-state index contributed by atoms with van der Waals surface area (Å²) in [5, 5.41) is 0. The molecule has 1 saturated heterocycles. The zero-order valence-corrected chi connectivity index (χ0v) is 16.4. The van der Waals surface area contributed by atoms with Crippen molar-refractivity contribution in [2.45, 2.75) is 44.6 Å². The minimum atomic E-state index is -2.87. The first-order chi connectivity index (χ1) is 13.8. The molecule has 1 amide bonds. The molecule has 0 spiro atoms. The van der Waals surface area contributed by atoms with Crippen molar-refractivity contribution in [3.63, 3.8) is 0 Å². The third kappa shape index (κ3) is 2.97. The third-order valence-electron chi connectivity index (χ3n) is 7.31. The van der Waals surface area contributed by atoms with Gasteiger partial charge in [0.2, 0.25) is 5.91 Å². The number of benzene rings is 2. The van der Waals surface area contributed by atoms with Gasteiger partial charge >= 0.3 is 0 Å². The van der Waals surface area contributed by atoms with E-state index in [9.17, 15) is 18.0 Å². The number of amides is 1. The van der Waals surface area contributed by atoms with Gasteiger partial charge in [0.1, 0.15) is 5.82 Å². The molecule has 2 aromatic rings. The normalized spacial score (nSPS) is 31.9. The maximum Gasteiger partial charge on any atom is 0.269 e. The van der Waals surface area contributed by atoms with Gasteiger partial charge in [-0.05, 0) is 60.4 Å². The van der Waals surface area contributed by atoms with Crippen LogP contribution in [0, 0.1) is 23.1 Å². The van der Waals surface area contributed by atoms with Gasteiger partial charge in [0, 0.05) is 12.0 Å². The van der Waals surface area contributed by atoms with Gasteiger partial charge in [0.05, 0.1) is 12.0 Å². The number of hydrogen-bond acceptors (Lipinski definition) is 1. The fraction of sp³-hybridized carbons (Fsp3) is 0.458. The van der Waals surface area contributed by atoms with Gasteiger partial charge < -0.3 is 4.90 Å². The van der Waals surface area contributed by atoms with Gasteiger partial charge in [0.25, 0.3) is 5.92 Å². The van der Waals surface area contributed by atoms with E-state index in [1.54, 1.807) is 13.0 Å². The van der Waals surface area contributed by atoms with E-state index in [-0.39, 0.29) is 17.1 Å². The van der Waals surface area contributed by atoms with Crippen LogP contribution in [0.1, 0.15) is 31.7 Å². The van der Waals surface area contributed by atoms with Crippen LogP contribution in [0.3, 0.4) is 0 Å². The first kappa shape index (κ1) is 18.7. The molecule has 6 rings (SSSR count). The van der Waals surface area contributed by atoms with Gasteiger partial charge in [-0.15, -0.1) is 0 Å². The van der Waals surface area contributed by atoms with Gasteiger partial charge in [-0.2, -0.15) is 0 Å². The molecule has 4 fully saturated rings. The van der Waals surface area contributed by atoms with Crippen LogP contribution in [0.25, 0.3) is 11.1 Å². The summed E-state index contributed by atoms with van der Waals surface area (Å²) >= 11 is 0. The Morgan fingerprint density at radius 2 is 1.72 bits per heavy atom. The molecule has 1 aliphatic heterocycles. The standard InChI is InChI=1S/C24H24F3NO/c1-15-21(28(14-24(15,26)27)22(29)23-11-17(12-23)13-23)9-16-4-2-5-18(8-16)19-6-3-7-20(25)10-19/h2-8,10,15,17,21H,9,11-14H2,1H3/t15-,17?,21+,23?/m1/s1.